The lowest BCUT2D eigenvalue weighted by Gasteiger charge is -2.07. The van der Waals surface area contributed by atoms with E-state index in [9.17, 15) is 4.79 Å². The minimum absolute atomic E-state index is 0.233. The van der Waals surface area contributed by atoms with Crippen molar-refractivity contribution in [3.05, 3.63) is 82.7 Å². The summed E-state index contributed by atoms with van der Waals surface area (Å²) >= 11 is 0. The Bertz CT molecular complexity index is 865. The molecule has 0 fully saturated rings. The van der Waals surface area contributed by atoms with Gasteiger partial charge in [-0.2, -0.15) is 5.10 Å². The van der Waals surface area contributed by atoms with Gasteiger partial charge in [0.15, 0.2) is 0 Å². The molecule has 128 valence electrons. The van der Waals surface area contributed by atoms with Gasteiger partial charge in [-0.25, -0.2) is 4.68 Å². The van der Waals surface area contributed by atoms with Crippen LogP contribution in [0.15, 0.2) is 54.6 Å². The first-order valence-electron chi connectivity index (χ1n) is 8.36. The molecule has 2 aromatic carbocycles. The second-order valence-electron chi connectivity index (χ2n) is 6.22. The number of esters is 1. The molecule has 0 atom stereocenters. The van der Waals surface area contributed by atoms with E-state index in [-0.39, 0.29) is 12.4 Å². The van der Waals surface area contributed by atoms with E-state index in [1.54, 1.807) is 0 Å². The lowest BCUT2D eigenvalue weighted by Crippen LogP contribution is -2.09. The van der Waals surface area contributed by atoms with Crippen LogP contribution in [-0.2, 0) is 22.6 Å². The molecular weight excluding hydrogens is 312 g/mol. The fourth-order valence-electron chi connectivity index (χ4n) is 2.79. The van der Waals surface area contributed by atoms with Crippen molar-refractivity contribution in [1.29, 1.82) is 0 Å². The van der Waals surface area contributed by atoms with E-state index in [1.165, 1.54) is 5.56 Å². The van der Waals surface area contributed by atoms with Crippen LogP contribution in [0, 0.1) is 20.8 Å². The number of aryl methyl sites for hydroxylation is 2. The van der Waals surface area contributed by atoms with Crippen molar-refractivity contribution in [2.75, 3.05) is 0 Å². The number of hydrogen-bond donors (Lipinski definition) is 0. The molecule has 0 aliphatic rings. The summed E-state index contributed by atoms with van der Waals surface area (Å²) in [6.07, 6.45) is 0.233. The van der Waals surface area contributed by atoms with Crippen molar-refractivity contribution in [2.45, 2.75) is 33.8 Å². The fourth-order valence-corrected chi connectivity index (χ4v) is 2.79. The van der Waals surface area contributed by atoms with Gasteiger partial charge in [0, 0.05) is 11.3 Å². The van der Waals surface area contributed by atoms with Gasteiger partial charge in [-0.05, 0) is 38.5 Å². The summed E-state index contributed by atoms with van der Waals surface area (Å²) in [6, 6.07) is 17.9. The summed E-state index contributed by atoms with van der Waals surface area (Å²) in [6.45, 7) is 6.24. The normalized spacial score (nSPS) is 10.7. The number of benzene rings is 2. The Balaban J connectivity index is 1.69. The Morgan fingerprint density at radius 1 is 1.00 bits per heavy atom. The number of hydrogen-bond acceptors (Lipinski definition) is 3. The van der Waals surface area contributed by atoms with E-state index in [0.717, 1.165) is 28.2 Å². The number of carbonyl (C=O) groups excluding carboxylic acids is 1. The molecule has 0 unspecified atom stereocenters. The van der Waals surface area contributed by atoms with E-state index in [0.29, 0.717) is 6.61 Å². The zero-order chi connectivity index (χ0) is 17.8. The number of carbonyl (C=O) groups is 1. The minimum Gasteiger partial charge on any atom is -0.461 e. The molecule has 1 heterocycles. The predicted octanol–water partition coefficient (Wildman–Crippen LogP) is 4.08. The molecule has 0 radical (unpaired) electrons. The molecular formula is C21H22N2O2. The molecule has 0 saturated carbocycles. The van der Waals surface area contributed by atoms with Crippen LogP contribution >= 0.6 is 0 Å². The van der Waals surface area contributed by atoms with Crippen molar-refractivity contribution < 1.29 is 9.53 Å². The number of para-hydroxylation sites is 1. The Hall–Kier alpha value is -2.88. The van der Waals surface area contributed by atoms with Crippen molar-refractivity contribution >= 4 is 5.97 Å². The molecule has 0 bridgehead atoms. The fraction of sp³-hybridized carbons (Fsp3) is 0.238. The van der Waals surface area contributed by atoms with Crippen LogP contribution < -0.4 is 0 Å². The maximum atomic E-state index is 12.2. The molecule has 0 N–H and O–H groups in total. The second kappa shape index (κ2) is 7.34. The number of ether oxygens (including phenoxy) is 1. The molecule has 3 aromatic rings. The molecule has 0 aliphatic carbocycles. The first-order valence-corrected chi connectivity index (χ1v) is 8.36. The van der Waals surface area contributed by atoms with E-state index < -0.39 is 0 Å². The molecule has 4 nitrogen and oxygen atoms in total. The number of nitrogens with zero attached hydrogens (tertiary/aromatic N) is 2. The third-order valence-electron chi connectivity index (χ3n) is 4.28. The van der Waals surface area contributed by atoms with Gasteiger partial charge in [-0.1, -0.05) is 48.0 Å². The average molecular weight is 334 g/mol. The first-order chi connectivity index (χ1) is 12.0. The van der Waals surface area contributed by atoms with Crippen LogP contribution in [0.25, 0.3) is 5.69 Å². The van der Waals surface area contributed by atoms with Crippen LogP contribution in [0.2, 0.25) is 0 Å². The van der Waals surface area contributed by atoms with E-state index >= 15 is 0 Å². The van der Waals surface area contributed by atoms with Crippen molar-refractivity contribution in [3.8, 4) is 5.69 Å². The van der Waals surface area contributed by atoms with Gasteiger partial charge in [0.1, 0.15) is 6.61 Å². The van der Waals surface area contributed by atoms with Gasteiger partial charge in [0.2, 0.25) is 0 Å². The number of rotatable bonds is 5. The van der Waals surface area contributed by atoms with Crippen molar-refractivity contribution in [2.24, 2.45) is 0 Å². The summed E-state index contributed by atoms with van der Waals surface area (Å²) in [5, 5.41) is 4.57. The monoisotopic (exact) mass is 334 g/mol. The average Bonchev–Trinajstić information content (AvgIpc) is 2.90. The van der Waals surface area contributed by atoms with Gasteiger partial charge < -0.3 is 4.74 Å². The summed E-state index contributed by atoms with van der Waals surface area (Å²) in [4.78, 5) is 12.2. The molecule has 3 rings (SSSR count). The first kappa shape index (κ1) is 17.0. The SMILES string of the molecule is Cc1ccc(COC(=O)Cc2c(C)nn(-c3ccccc3)c2C)cc1. The van der Waals surface area contributed by atoms with Crippen LogP contribution in [0.4, 0.5) is 0 Å². The van der Waals surface area contributed by atoms with Gasteiger partial charge in [-0.15, -0.1) is 0 Å². The van der Waals surface area contributed by atoms with Crippen LogP contribution in [0.5, 0.6) is 0 Å². The van der Waals surface area contributed by atoms with Crippen molar-refractivity contribution in [1.82, 2.24) is 9.78 Å². The third-order valence-corrected chi connectivity index (χ3v) is 4.28. The lowest BCUT2D eigenvalue weighted by molar-refractivity contribution is -0.144. The van der Waals surface area contributed by atoms with Gasteiger partial charge in [0.25, 0.3) is 0 Å². The van der Waals surface area contributed by atoms with E-state index in [4.69, 9.17) is 4.74 Å². The van der Waals surface area contributed by atoms with Crippen molar-refractivity contribution in [3.63, 3.8) is 0 Å². The lowest BCUT2D eigenvalue weighted by atomic mass is 10.1. The minimum atomic E-state index is -0.237. The zero-order valence-corrected chi connectivity index (χ0v) is 14.8. The molecule has 0 aliphatic heterocycles. The highest BCUT2D eigenvalue weighted by molar-refractivity contribution is 5.73. The molecule has 1 aromatic heterocycles. The summed E-state index contributed by atoms with van der Waals surface area (Å²) in [5.41, 5.74) is 5.92. The molecule has 25 heavy (non-hydrogen) atoms. The third kappa shape index (κ3) is 3.97. The highest BCUT2D eigenvalue weighted by atomic mass is 16.5. The smallest absolute Gasteiger partial charge is 0.310 e. The van der Waals surface area contributed by atoms with Crippen LogP contribution in [0.3, 0.4) is 0 Å². The maximum absolute atomic E-state index is 12.2. The van der Waals surface area contributed by atoms with E-state index in [2.05, 4.69) is 5.10 Å². The standard InChI is InChI=1S/C21H22N2O2/c1-15-9-11-18(12-10-15)14-25-21(24)13-20-16(2)22-23(17(20)3)19-7-5-4-6-8-19/h4-12H,13-14H2,1-3H3. The zero-order valence-electron chi connectivity index (χ0n) is 14.8. The predicted molar refractivity (Wildman–Crippen MR) is 97.7 cm³/mol. The quantitative estimate of drug-likeness (QED) is 0.660. The Kier molecular flexibility index (Phi) is 4.98. The maximum Gasteiger partial charge on any atom is 0.310 e. The molecule has 0 amide bonds. The number of aromatic nitrogens is 2. The molecule has 0 saturated heterocycles. The second-order valence-corrected chi connectivity index (χ2v) is 6.22. The Labute approximate surface area is 148 Å². The Morgan fingerprint density at radius 3 is 2.36 bits per heavy atom. The largest absolute Gasteiger partial charge is 0.461 e. The summed E-state index contributed by atoms with van der Waals surface area (Å²) in [7, 11) is 0. The van der Waals surface area contributed by atoms with Crippen LogP contribution in [0.1, 0.15) is 28.1 Å². The highest BCUT2D eigenvalue weighted by Gasteiger charge is 2.16. The summed E-state index contributed by atoms with van der Waals surface area (Å²) < 4.78 is 7.29. The Morgan fingerprint density at radius 2 is 1.68 bits per heavy atom. The van der Waals surface area contributed by atoms with Crippen LogP contribution in [-0.4, -0.2) is 15.7 Å². The van der Waals surface area contributed by atoms with Gasteiger partial charge in [-0.3, -0.25) is 4.79 Å². The highest BCUT2D eigenvalue weighted by Crippen LogP contribution is 2.19. The molecule has 4 heteroatoms. The topological polar surface area (TPSA) is 44.1 Å². The summed E-state index contributed by atoms with van der Waals surface area (Å²) in [5.74, 6) is -0.237. The van der Waals surface area contributed by atoms with Gasteiger partial charge in [0.05, 0.1) is 17.8 Å². The van der Waals surface area contributed by atoms with E-state index in [1.807, 2.05) is 80.1 Å². The molecule has 0 spiro atoms. The van der Waals surface area contributed by atoms with Gasteiger partial charge >= 0.3 is 5.97 Å².